The van der Waals surface area contributed by atoms with Crippen molar-refractivity contribution in [3.05, 3.63) is 29.6 Å². The quantitative estimate of drug-likeness (QED) is 0.698. The van der Waals surface area contributed by atoms with Gasteiger partial charge in [-0.3, -0.25) is 0 Å². The summed E-state index contributed by atoms with van der Waals surface area (Å²) in [7, 11) is 0. The first-order valence-electron chi connectivity index (χ1n) is 6.32. The first kappa shape index (κ1) is 18.6. The maximum absolute atomic E-state index is 13.5. The molecule has 22 heavy (non-hydrogen) atoms. The van der Waals surface area contributed by atoms with Crippen LogP contribution < -0.4 is 10.6 Å². The number of alkyl halides is 3. The van der Waals surface area contributed by atoms with Crippen molar-refractivity contribution < 1.29 is 27.5 Å². The first-order valence-corrected chi connectivity index (χ1v) is 7.71. The van der Waals surface area contributed by atoms with E-state index in [-0.39, 0.29) is 12.6 Å². The molecule has 2 amide bonds. The van der Waals surface area contributed by atoms with E-state index >= 15 is 0 Å². The molecule has 1 aromatic carbocycles. The van der Waals surface area contributed by atoms with Crippen LogP contribution in [0.5, 0.6) is 0 Å². The highest BCUT2D eigenvalue weighted by atomic mass is 32.2. The Balaban J connectivity index is 2.78. The second-order valence-electron chi connectivity index (χ2n) is 4.46. The lowest BCUT2D eigenvalue weighted by Gasteiger charge is -2.17. The Bertz CT molecular complexity index is 505. The van der Waals surface area contributed by atoms with E-state index in [4.69, 9.17) is 5.11 Å². The van der Waals surface area contributed by atoms with Crippen molar-refractivity contribution in [3.8, 4) is 0 Å². The zero-order chi connectivity index (χ0) is 16.8. The average molecular weight is 340 g/mol. The number of benzene rings is 1. The van der Waals surface area contributed by atoms with Gasteiger partial charge in [-0.2, -0.15) is 24.9 Å². The lowest BCUT2D eigenvalue weighted by Crippen LogP contribution is -2.40. The number of anilines is 1. The molecule has 0 saturated heterocycles. The Kier molecular flexibility index (Phi) is 6.95. The number of amides is 2. The molecule has 3 N–H and O–H groups in total. The van der Waals surface area contributed by atoms with E-state index in [0.29, 0.717) is 30.4 Å². The number of rotatable bonds is 6. The van der Waals surface area contributed by atoms with Crippen molar-refractivity contribution >= 4 is 23.5 Å². The van der Waals surface area contributed by atoms with Crippen molar-refractivity contribution in [1.29, 1.82) is 0 Å². The molecule has 1 atom stereocenters. The van der Waals surface area contributed by atoms with E-state index < -0.39 is 29.3 Å². The molecule has 0 aliphatic carbocycles. The van der Waals surface area contributed by atoms with Crippen molar-refractivity contribution in [2.45, 2.75) is 18.6 Å². The fourth-order valence-electron chi connectivity index (χ4n) is 1.70. The molecule has 124 valence electrons. The minimum Gasteiger partial charge on any atom is -0.396 e. The topological polar surface area (TPSA) is 61.4 Å². The minimum atomic E-state index is -4.63. The Morgan fingerprint density at radius 2 is 2.09 bits per heavy atom. The number of aliphatic hydroxyl groups is 1. The van der Waals surface area contributed by atoms with Crippen LogP contribution in [-0.4, -0.2) is 35.8 Å². The van der Waals surface area contributed by atoms with Crippen LogP contribution in [0.2, 0.25) is 0 Å². The van der Waals surface area contributed by atoms with Crippen LogP contribution >= 0.6 is 11.8 Å². The molecule has 0 radical (unpaired) electrons. The number of halogens is 4. The van der Waals surface area contributed by atoms with E-state index in [1.54, 1.807) is 6.26 Å². The molecule has 0 aliphatic heterocycles. The largest absolute Gasteiger partial charge is 0.416 e. The third kappa shape index (κ3) is 5.72. The van der Waals surface area contributed by atoms with Crippen LogP contribution in [0, 0.1) is 5.82 Å². The van der Waals surface area contributed by atoms with Gasteiger partial charge in [0.25, 0.3) is 0 Å². The van der Waals surface area contributed by atoms with E-state index in [1.807, 2.05) is 0 Å². The summed E-state index contributed by atoms with van der Waals surface area (Å²) in [6, 6.07) is 0.580. The van der Waals surface area contributed by atoms with E-state index in [1.165, 1.54) is 11.8 Å². The standard InChI is InChI=1S/C13H16F4N2O2S/c1-22-7-9(4-5-20)18-12(21)19-11-6-8(13(15,16)17)2-3-10(11)14/h2-3,6,9,20H,4-5,7H2,1H3,(H2,18,19,21). The molecular weight excluding hydrogens is 324 g/mol. The van der Waals surface area contributed by atoms with Gasteiger partial charge in [0.1, 0.15) is 5.82 Å². The molecule has 1 unspecified atom stereocenters. The number of carbonyl (C=O) groups is 1. The molecule has 4 nitrogen and oxygen atoms in total. The molecular formula is C13H16F4N2O2S. The van der Waals surface area contributed by atoms with E-state index in [9.17, 15) is 22.4 Å². The first-order chi connectivity index (χ1) is 10.3. The molecule has 9 heteroatoms. The molecule has 1 aromatic rings. The fraction of sp³-hybridized carbons (Fsp3) is 0.462. The summed E-state index contributed by atoms with van der Waals surface area (Å²) in [5.41, 5.74) is -1.61. The Morgan fingerprint density at radius 1 is 1.41 bits per heavy atom. The summed E-state index contributed by atoms with van der Waals surface area (Å²) in [5.74, 6) is -0.453. The number of hydrogen-bond donors (Lipinski definition) is 3. The summed E-state index contributed by atoms with van der Waals surface area (Å²) in [5, 5.41) is 13.4. The van der Waals surface area contributed by atoms with Crippen molar-refractivity contribution in [2.75, 3.05) is 23.9 Å². The molecule has 1 rings (SSSR count). The van der Waals surface area contributed by atoms with Crippen molar-refractivity contribution in [2.24, 2.45) is 0 Å². The molecule has 0 bridgehead atoms. The lowest BCUT2D eigenvalue weighted by molar-refractivity contribution is -0.137. The van der Waals surface area contributed by atoms with E-state index in [0.717, 1.165) is 0 Å². The fourth-order valence-corrected chi connectivity index (χ4v) is 2.35. The smallest absolute Gasteiger partial charge is 0.396 e. The number of thioether (sulfide) groups is 1. The van der Waals surface area contributed by atoms with Gasteiger partial charge in [0.15, 0.2) is 0 Å². The zero-order valence-corrected chi connectivity index (χ0v) is 12.5. The SMILES string of the molecule is CSCC(CCO)NC(=O)Nc1cc(C(F)(F)F)ccc1F. The zero-order valence-electron chi connectivity index (χ0n) is 11.7. The number of nitrogens with one attached hydrogen (secondary N) is 2. The van der Waals surface area contributed by atoms with Gasteiger partial charge < -0.3 is 15.7 Å². The van der Waals surface area contributed by atoms with Crippen LogP contribution in [0.1, 0.15) is 12.0 Å². The summed E-state index contributed by atoms with van der Waals surface area (Å²) in [6.07, 6.45) is -2.53. The molecule has 0 heterocycles. The predicted molar refractivity (Wildman–Crippen MR) is 77.4 cm³/mol. The highest BCUT2D eigenvalue weighted by Crippen LogP contribution is 2.31. The summed E-state index contributed by atoms with van der Waals surface area (Å²) >= 11 is 1.43. The monoisotopic (exact) mass is 340 g/mol. The van der Waals surface area contributed by atoms with Gasteiger partial charge in [0, 0.05) is 18.4 Å². The van der Waals surface area contributed by atoms with Crippen LogP contribution in [0.3, 0.4) is 0 Å². The summed E-state index contributed by atoms with van der Waals surface area (Å²) in [6.45, 7) is -0.149. The third-order valence-corrected chi connectivity index (χ3v) is 3.46. The highest BCUT2D eigenvalue weighted by molar-refractivity contribution is 7.98. The maximum atomic E-state index is 13.5. The van der Waals surface area contributed by atoms with Crippen molar-refractivity contribution in [1.82, 2.24) is 5.32 Å². The Labute approximate surface area is 129 Å². The molecule has 0 aromatic heterocycles. The van der Waals surface area contributed by atoms with Gasteiger partial charge >= 0.3 is 12.2 Å². The van der Waals surface area contributed by atoms with Crippen molar-refractivity contribution in [3.63, 3.8) is 0 Å². The number of aliphatic hydroxyl groups excluding tert-OH is 1. The van der Waals surface area contributed by atoms with Gasteiger partial charge in [0.05, 0.1) is 11.3 Å². The van der Waals surface area contributed by atoms with E-state index in [2.05, 4.69) is 10.6 Å². The van der Waals surface area contributed by atoms with Gasteiger partial charge in [0.2, 0.25) is 0 Å². The number of carbonyl (C=O) groups excluding carboxylic acids is 1. The van der Waals surface area contributed by atoms with Crippen LogP contribution in [-0.2, 0) is 6.18 Å². The molecule has 0 spiro atoms. The van der Waals surface area contributed by atoms with Crippen LogP contribution in [0.4, 0.5) is 28.0 Å². The van der Waals surface area contributed by atoms with Gasteiger partial charge in [-0.15, -0.1) is 0 Å². The Hall–Kier alpha value is -1.48. The number of urea groups is 1. The maximum Gasteiger partial charge on any atom is 0.416 e. The second kappa shape index (κ2) is 8.23. The van der Waals surface area contributed by atoms with Crippen LogP contribution in [0.15, 0.2) is 18.2 Å². The number of hydrogen-bond acceptors (Lipinski definition) is 3. The second-order valence-corrected chi connectivity index (χ2v) is 5.37. The predicted octanol–water partition coefficient (Wildman–Crippen LogP) is 3.08. The highest BCUT2D eigenvalue weighted by Gasteiger charge is 2.31. The van der Waals surface area contributed by atoms with Gasteiger partial charge in [-0.25, -0.2) is 9.18 Å². The van der Waals surface area contributed by atoms with Crippen LogP contribution in [0.25, 0.3) is 0 Å². The average Bonchev–Trinajstić information content (AvgIpc) is 2.40. The minimum absolute atomic E-state index is 0.149. The molecule has 0 saturated carbocycles. The molecule has 0 fully saturated rings. The lowest BCUT2D eigenvalue weighted by atomic mass is 10.2. The Morgan fingerprint density at radius 3 is 2.64 bits per heavy atom. The van der Waals surface area contributed by atoms with Gasteiger partial charge in [-0.05, 0) is 30.9 Å². The molecule has 0 aliphatic rings. The summed E-state index contributed by atoms with van der Waals surface area (Å²) in [4.78, 5) is 11.7. The normalized spacial score (nSPS) is 12.8. The third-order valence-electron chi connectivity index (χ3n) is 2.72. The summed E-state index contributed by atoms with van der Waals surface area (Å²) < 4.78 is 51.2. The van der Waals surface area contributed by atoms with Gasteiger partial charge in [-0.1, -0.05) is 0 Å².